The highest BCUT2D eigenvalue weighted by Gasteiger charge is 2.45. The summed E-state index contributed by atoms with van der Waals surface area (Å²) in [6.45, 7) is 4.77. The fourth-order valence-corrected chi connectivity index (χ4v) is 2.96. The lowest BCUT2D eigenvalue weighted by Gasteiger charge is -2.42. The molecule has 0 radical (unpaired) electrons. The first kappa shape index (κ1) is 15.2. The number of carbonyl (C=O) groups excluding carboxylic acids is 2. The molecule has 112 valence electrons. The fourth-order valence-electron chi connectivity index (χ4n) is 2.33. The largest absolute Gasteiger partial charge is 0.456 e. The minimum Gasteiger partial charge on any atom is -0.456 e. The zero-order chi connectivity index (χ0) is 14.8. The maximum Gasteiger partial charge on any atom is 0.409 e. The molecule has 2 heterocycles. The van der Waals surface area contributed by atoms with Crippen molar-refractivity contribution in [3.63, 3.8) is 0 Å². The normalized spacial score (nSPS) is 21.6. The molecule has 1 fully saturated rings. The van der Waals surface area contributed by atoms with Crippen molar-refractivity contribution < 1.29 is 23.8 Å². The quantitative estimate of drug-likeness (QED) is 0.565. The van der Waals surface area contributed by atoms with Gasteiger partial charge in [0, 0.05) is 31.3 Å². The van der Waals surface area contributed by atoms with Crippen LogP contribution in [-0.4, -0.2) is 47.8 Å². The summed E-state index contributed by atoms with van der Waals surface area (Å²) < 4.78 is 16.2. The molecule has 1 amide bonds. The number of likely N-dealkylation sites (tertiary alicyclic amines) is 1. The van der Waals surface area contributed by atoms with Gasteiger partial charge in [-0.3, -0.25) is 0 Å². The van der Waals surface area contributed by atoms with Crippen LogP contribution < -0.4 is 0 Å². The van der Waals surface area contributed by atoms with E-state index < -0.39 is 5.79 Å². The minimum atomic E-state index is -0.935. The third-order valence-corrected chi connectivity index (χ3v) is 4.03. The number of piperidine rings is 1. The number of rotatable bonds is 2. The first-order valence-corrected chi connectivity index (χ1v) is 7.73. The molecule has 1 saturated heterocycles. The van der Waals surface area contributed by atoms with Crippen molar-refractivity contribution >= 4 is 28.0 Å². The zero-order valence-electron chi connectivity index (χ0n) is 11.6. The molecule has 0 aromatic carbocycles. The van der Waals surface area contributed by atoms with Crippen LogP contribution in [0.4, 0.5) is 4.79 Å². The van der Waals surface area contributed by atoms with Crippen molar-refractivity contribution in [2.24, 2.45) is 0 Å². The van der Waals surface area contributed by atoms with Crippen molar-refractivity contribution in [3.05, 3.63) is 11.3 Å². The first-order valence-electron chi connectivity index (χ1n) is 6.61. The summed E-state index contributed by atoms with van der Waals surface area (Å²) in [5.74, 6) is -0.701. The predicted molar refractivity (Wildman–Crippen MR) is 74.2 cm³/mol. The number of nitrogens with zero attached hydrogens (tertiary/aromatic N) is 1. The van der Waals surface area contributed by atoms with E-state index in [-0.39, 0.29) is 12.1 Å². The van der Waals surface area contributed by atoms with Crippen molar-refractivity contribution in [2.75, 3.05) is 25.0 Å². The van der Waals surface area contributed by atoms with E-state index in [4.69, 9.17) is 14.2 Å². The van der Waals surface area contributed by atoms with E-state index in [9.17, 15) is 9.59 Å². The van der Waals surface area contributed by atoms with Gasteiger partial charge >= 0.3 is 12.1 Å². The van der Waals surface area contributed by atoms with Crippen LogP contribution in [0.3, 0.4) is 0 Å². The smallest absolute Gasteiger partial charge is 0.409 e. The highest BCUT2D eigenvalue weighted by atomic mass is 79.9. The Morgan fingerprint density at radius 2 is 2.05 bits per heavy atom. The summed E-state index contributed by atoms with van der Waals surface area (Å²) in [5.41, 5.74) is 0.503. The average Bonchev–Trinajstić information content (AvgIpc) is 2.39. The molecule has 7 heteroatoms. The molecule has 0 bridgehead atoms. The van der Waals surface area contributed by atoms with Crippen molar-refractivity contribution in [2.45, 2.75) is 32.5 Å². The molecule has 0 aromatic heterocycles. The highest BCUT2D eigenvalue weighted by molar-refractivity contribution is 9.09. The number of carbonyl (C=O) groups is 2. The van der Waals surface area contributed by atoms with E-state index in [1.807, 2.05) is 0 Å². The first-order chi connectivity index (χ1) is 9.51. The van der Waals surface area contributed by atoms with Crippen molar-refractivity contribution in [1.29, 1.82) is 0 Å². The van der Waals surface area contributed by atoms with Gasteiger partial charge in [0.2, 0.25) is 0 Å². The summed E-state index contributed by atoms with van der Waals surface area (Å²) in [7, 11) is 0. The van der Waals surface area contributed by atoms with Gasteiger partial charge < -0.3 is 19.1 Å². The van der Waals surface area contributed by atoms with Crippen molar-refractivity contribution in [1.82, 2.24) is 4.90 Å². The van der Waals surface area contributed by atoms with Crippen LogP contribution in [0.25, 0.3) is 0 Å². The lowest BCUT2D eigenvalue weighted by atomic mass is 10.0. The number of halogens is 1. The Morgan fingerprint density at radius 3 is 2.55 bits per heavy atom. The maximum atomic E-state index is 11.9. The fraction of sp³-hybridized carbons (Fsp3) is 0.692. The molecule has 0 saturated carbocycles. The lowest BCUT2D eigenvalue weighted by Crippen LogP contribution is -2.52. The Morgan fingerprint density at radius 1 is 1.40 bits per heavy atom. The summed E-state index contributed by atoms with van der Waals surface area (Å²) in [4.78, 5) is 25.2. The molecule has 2 aliphatic heterocycles. The monoisotopic (exact) mass is 347 g/mol. The van der Waals surface area contributed by atoms with Gasteiger partial charge in [0.15, 0.2) is 0 Å². The Bertz CT molecular complexity index is 440. The third-order valence-electron chi connectivity index (χ3n) is 3.47. The van der Waals surface area contributed by atoms with Gasteiger partial charge in [-0.2, -0.15) is 0 Å². The number of hydrogen-bond donors (Lipinski definition) is 0. The van der Waals surface area contributed by atoms with Crippen molar-refractivity contribution in [3.8, 4) is 0 Å². The molecule has 6 nitrogen and oxygen atoms in total. The van der Waals surface area contributed by atoms with Gasteiger partial charge in [-0.25, -0.2) is 9.59 Å². The maximum absolute atomic E-state index is 11.9. The zero-order valence-corrected chi connectivity index (χ0v) is 13.2. The molecule has 0 N–H and O–H groups in total. The van der Waals surface area contributed by atoms with Crippen LogP contribution in [-0.2, 0) is 19.0 Å². The van der Waals surface area contributed by atoms with Gasteiger partial charge in [-0.15, -0.1) is 0 Å². The summed E-state index contributed by atoms with van der Waals surface area (Å²) >= 11 is 3.24. The van der Waals surface area contributed by atoms with Crippen LogP contribution in [0.5, 0.6) is 0 Å². The molecule has 0 aliphatic carbocycles. The Hall–Kier alpha value is -1.24. The molecular weight excluding hydrogens is 330 g/mol. The van der Waals surface area contributed by atoms with E-state index in [2.05, 4.69) is 15.9 Å². The standard InChI is InChI=1S/C13H18BrNO5/c1-3-18-12(17)15-6-4-13(5-7-15)19-9(2)10(8-14)11(16)20-13/h3-8H2,1-2H3. The summed E-state index contributed by atoms with van der Waals surface area (Å²) in [5, 5.41) is 0.405. The molecule has 0 aromatic rings. The molecule has 2 aliphatic rings. The molecule has 2 rings (SSSR count). The van der Waals surface area contributed by atoms with Gasteiger partial charge in [-0.1, -0.05) is 15.9 Å². The summed E-state index contributed by atoms with van der Waals surface area (Å²) in [6.07, 6.45) is 0.562. The topological polar surface area (TPSA) is 65.1 Å². The van der Waals surface area contributed by atoms with Crippen LogP contribution >= 0.6 is 15.9 Å². The number of allylic oxidation sites excluding steroid dienone is 1. The Labute approximate surface area is 126 Å². The minimum absolute atomic E-state index is 0.335. The average molecular weight is 348 g/mol. The van der Waals surface area contributed by atoms with E-state index in [0.717, 1.165) is 0 Å². The highest BCUT2D eigenvalue weighted by Crippen LogP contribution is 2.35. The number of amides is 1. The van der Waals surface area contributed by atoms with Crippen LogP contribution in [0, 0.1) is 0 Å². The number of esters is 1. The molecule has 0 unspecified atom stereocenters. The second kappa shape index (κ2) is 6.03. The summed E-state index contributed by atoms with van der Waals surface area (Å²) in [6, 6.07) is 0. The predicted octanol–water partition coefficient (Wildman–Crippen LogP) is 2.18. The Kier molecular flexibility index (Phi) is 4.57. The number of alkyl halides is 1. The lowest BCUT2D eigenvalue weighted by molar-refractivity contribution is -0.237. The van der Waals surface area contributed by atoms with Crippen LogP contribution in [0.1, 0.15) is 26.7 Å². The van der Waals surface area contributed by atoms with Crippen LogP contribution in [0.2, 0.25) is 0 Å². The number of ether oxygens (including phenoxy) is 3. The van der Waals surface area contributed by atoms with Gasteiger partial charge in [0.1, 0.15) is 5.76 Å². The molecule has 20 heavy (non-hydrogen) atoms. The molecular formula is C13H18BrNO5. The van der Waals surface area contributed by atoms with Gasteiger partial charge in [0.25, 0.3) is 5.79 Å². The second-order valence-corrected chi connectivity index (χ2v) is 5.32. The van der Waals surface area contributed by atoms with E-state index in [1.54, 1.807) is 18.7 Å². The van der Waals surface area contributed by atoms with E-state index >= 15 is 0 Å². The van der Waals surface area contributed by atoms with Crippen LogP contribution in [0.15, 0.2) is 11.3 Å². The Balaban J connectivity index is 2.02. The number of hydrogen-bond acceptors (Lipinski definition) is 5. The van der Waals surface area contributed by atoms with Gasteiger partial charge in [-0.05, 0) is 13.8 Å². The van der Waals surface area contributed by atoms with E-state index in [0.29, 0.717) is 49.2 Å². The molecule has 0 atom stereocenters. The SMILES string of the molecule is CCOC(=O)N1CCC2(CC1)OC(=O)C(CBr)=C(C)O2. The van der Waals surface area contributed by atoms with E-state index in [1.165, 1.54) is 0 Å². The second-order valence-electron chi connectivity index (χ2n) is 4.76. The third kappa shape index (κ3) is 2.92. The van der Waals surface area contributed by atoms with Gasteiger partial charge in [0.05, 0.1) is 12.2 Å². The molecule has 1 spiro atoms.